The Morgan fingerprint density at radius 2 is 1.82 bits per heavy atom. The van der Waals surface area contributed by atoms with Crippen LogP contribution in [0.5, 0.6) is 0 Å². The Morgan fingerprint density at radius 3 is 2.61 bits per heavy atom. The Labute approximate surface area is 159 Å². The lowest BCUT2D eigenvalue weighted by molar-refractivity contribution is 0.565. The molecule has 28 heavy (non-hydrogen) atoms. The minimum absolute atomic E-state index is 0.0575. The van der Waals surface area contributed by atoms with E-state index >= 15 is 0 Å². The maximum Gasteiger partial charge on any atom is 0.275 e. The van der Waals surface area contributed by atoms with Gasteiger partial charge in [-0.3, -0.25) is 5.10 Å². The van der Waals surface area contributed by atoms with E-state index in [4.69, 9.17) is 5.14 Å². The third-order valence-electron chi connectivity index (χ3n) is 3.98. The molecule has 0 aliphatic rings. The molecule has 13 heteroatoms. The molecule has 0 aliphatic heterocycles. The topological polar surface area (TPSA) is 167 Å². The highest BCUT2D eigenvalue weighted by atomic mass is 32.2. The van der Waals surface area contributed by atoms with Crippen molar-refractivity contribution in [3.63, 3.8) is 0 Å². The first-order valence-corrected chi connectivity index (χ1v) is 11.0. The van der Waals surface area contributed by atoms with Crippen LogP contribution in [0.2, 0.25) is 0 Å². The van der Waals surface area contributed by atoms with Gasteiger partial charge in [0.2, 0.25) is 15.8 Å². The largest absolute Gasteiger partial charge is 0.278 e. The van der Waals surface area contributed by atoms with E-state index in [0.29, 0.717) is 15.3 Å². The second kappa shape index (κ2) is 6.47. The standard InChI is InChI=1S/C15H13N7O4S2/c16-28(25,26)13-7-2-1-6-12(13)15-19-21-22(20-15)27(23,24)9-11-5-3-4-10-8-17-18-14(10)11/h1-8H,9H2,(H,17,18)(H2,16,25,26). The monoisotopic (exact) mass is 419 g/mol. The maximum absolute atomic E-state index is 12.7. The van der Waals surface area contributed by atoms with Crippen molar-refractivity contribution in [1.29, 1.82) is 0 Å². The Hall–Kier alpha value is -3.16. The SMILES string of the molecule is NS(=O)(=O)c1ccccc1-c1nnn(S(=O)(=O)Cc2cccc3cn[nH]c23)n1. The normalized spacial score (nSPS) is 12.5. The Bertz CT molecular complexity index is 1390. The fourth-order valence-electron chi connectivity index (χ4n) is 2.73. The van der Waals surface area contributed by atoms with Crippen LogP contribution in [0.3, 0.4) is 0 Å². The van der Waals surface area contributed by atoms with E-state index in [-0.39, 0.29) is 16.3 Å². The second-order valence-electron chi connectivity index (χ2n) is 5.88. The molecule has 0 atom stereocenters. The predicted octanol–water partition coefficient (Wildman–Crippen LogP) is 0.242. The fraction of sp³-hybridized carbons (Fsp3) is 0.0667. The lowest BCUT2D eigenvalue weighted by Crippen LogP contribution is -2.18. The molecule has 11 nitrogen and oxygen atoms in total. The molecule has 4 rings (SSSR count). The Balaban J connectivity index is 1.73. The molecule has 2 aromatic carbocycles. The van der Waals surface area contributed by atoms with Crippen LogP contribution in [0, 0.1) is 0 Å². The van der Waals surface area contributed by atoms with Crippen molar-refractivity contribution in [3.8, 4) is 11.4 Å². The van der Waals surface area contributed by atoms with E-state index in [9.17, 15) is 16.8 Å². The summed E-state index contributed by atoms with van der Waals surface area (Å²) in [7, 11) is -8.07. The highest BCUT2D eigenvalue weighted by Crippen LogP contribution is 2.23. The van der Waals surface area contributed by atoms with Gasteiger partial charge in [-0.1, -0.05) is 30.3 Å². The number of nitrogens with one attached hydrogen (secondary N) is 1. The lowest BCUT2D eigenvalue weighted by atomic mass is 10.2. The maximum atomic E-state index is 12.7. The smallest absolute Gasteiger partial charge is 0.275 e. The van der Waals surface area contributed by atoms with Crippen LogP contribution < -0.4 is 5.14 Å². The van der Waals surface area contributed by atoms with Crippen molar-refractivity contribution in [2.24, 2.45) is 5.14 Å². The molecule has 0 unspecified atom stereocenters. The average Bonchev–Trinajstić information content (AvgIpc) is 3.31. The van der Waals surface area contributed by atoms with E-state index in [2.05, 4.69) is 25.6 Å². The van der Waals surface area contributed by atoms with Gasteiger partial charge in [-0.15, -0.1) is 10.2 Å². The minimum Gasteiger partial charge on any atom is -0.278 e. The van der Waals surface area contributed by atoms with Gasteiger partial charge >= 0.3 is 0 Å². The fourth-order valence-corrected chi connectivity index (χ4v) is 4.56. The van der Waals surface area contributed by atoms with Gasteiger partial charge in [0.15, 0.2) is 0 Å². The number of para-hydroxylation sites is 1. The first kappa shape index (κ1) is 18.2. The molecule has 4 aromatic rings. The lowest BCUT2D eigenvalue weighted by Gasteiger charge is -2.04. The quantitative estimate of drug-likeness (QED) is 0.464. The van der Waals surface area contributed by atoms with Crippen LogP contribution >= 0.6 is 0 Å². The minimum atomic E-state index is -4.05. The van der Waals surface area contributed by atoms with Gasteiger partial charge in [0.05, 0.1) is 22.4 Å². The highest BCUT2D eigenvalue weighted by molar-refractivity contribution is 7.89. The van der Waals surface area contributed by atoms with Gasteiger partial charge in [0, 0.05) is 10.9 Å². The van der Waals surface area contributed by atoms with Gasteiger partial charge in [-0.2, -0.15) is 5.10 Å². The van der Waals surface area contributed by atoms with Crippen LogP contribution in [0.1, 0.15) is 5.56 Å². The van der Waals surface area contributed by atoms with Crippen molar-refractivity contribution < 1.29 is 16.8 Å². The summed E-state index contributed by atoms with van der Waals surface area (Å²) in [6.45, 7) is 0. The van der Waals surface area contributed by atoms with Crippen molar-refractivity contribution in [3.05, 3.63) is 54.2 Å². The molecular formula is C15H13N7O4S2. The van der Waals surface area contributed by atoms with Crippen LogP contribution in [-0.4, -0.2) is 46.6 Å². The zero-order valence-electron chi connectivity index (χ0n) is 14.1. The molecule has 0 bridgehead atoms. The summed E-state index contributed by atoms with van der Waals surface area (Å²) in [5.41, 5.74) is 1.13. The molecule has 0 saturated heterocycles. The van der Waals surface area contributed by atoms with E-state index in [1.807, 2.05) is 0 Å². The summed E-state index contributed by atoms with van der Waals surface area (Å²) in [4.78, 5) is -0.228. The number of H-pyrrole nitrogens is 1. The summed E-state index contributed by atoms with van der Waals surface area (Å²) in [6.07, 6.45) is 1.58. The van der Waals surface area contributed by atoms with E-state index < -0.39 is 25.8 Å². The summed E-state index contributed by atoms with van der Waals surface area (Å²) < 4.78 is 49.4. The molecule has 2 heterocycles. The second-order valence-corrected chi connectivity index (χ2v) is 9.19. The van der Waals surface area contributed by atoms with Gasteiger partial charge in [0.1, 0.15) is 0 Å². The first-order valence-electron chi connectivity index (χ1n) is 7.82. The average molecular weight is 419 g/mol. The van der Waals surface area contributed by atoms with Gasteiger partial charge in [0.25, 0.3) is 10.0 Å². The number of hydrogen-bond acceptors (Lipinski definition) is 8. The molecule has 0 fully saturated rings. The number of tetrazole rings is 1. The Morgan fingerprint density at radius 1 is 1.04 bits per heavy atom. The molecule has 0 amide bonds. The summed E-state index contributed by atoms with van der Waals surface area (Å²) in [6, 6.07) is 10.9. The number of nitrogens with zero attached hydrogens (tertiary/aromatic N) is 5. The van der Waals surface area contributed by atoms with E-state index in [0.717, 1.165) is 5.39 Å². The van der Waals surface area contributed by atoms with Crippen LogP contribution in [0.4, 0.5) is 0 Å². The van der Waals surface area contributed by atoms with Crippen LogP contribution in [0.25, 0.3) is 22.3 Å². The molecule has 0 spiro atoms. The van der Waals surface area contributed by atoms with Crippen LogP contribution in [0.15, 0.2) is 53.6 Å². The Kier molecular flexibility index (Phi) is 4.21. The molecule has 0 aliphatic carbocycles. The summed E-state index contributed by atoms with van der Waals surface area (Å²) in [5.74, 6) is -0.577. The molecule has 144 valence electrons. The number of primary sulfonamides is 1. The van der Waals surface area contributed by atoms with Crippen molar-refractivity contribution in [2.75, 3.05) is 0 Å². The number of nitrogens with two attached hydrogens (primary N) is 1. The number of sulfonamides is 1. The highest BCUT2D eigenvalue weighted by Gasteiger charge is 2.23. The third kappa shape index (κ3) is 3.26. The molecule has 2 aromatic heterocycles. The number of hydrogen-bond donors (Lipinski definition) is 2. The summed E-state index contributed by atoms with van der Waals surface area (Å²) >= 11 is 0. The molecule has 0 radical (unpaired) electrons. The van der Waals surface area contributed by atoms with Crippen molar-refractivity contribution in [2.45, 2.75) is 10.6 Å². The summed E-state index contributed by atoms with van der Waals surface area (Å²) in [5, 5.41) is 23.7. The third-order valence-corrected chi connectivity index (χ3v) is 6.28. The molecule has 3 N–H and O–H groups in total. The molecule has 0 saturated carbocycles. The zero-order chi connectivity index (χ0) is 19.9. The predicted molar refractivity (Wildman–Crippen MR) is 98.7 cm³/mol. The number of fused-ring (bicyclic) bond motifs is 1. The van der Waals surface area contributed by atoms with Crippen LogP contribution in [-0.2, 0) is 25.8 Å². The van der Waals surface area contributed by atoms with Gasteiger partial charge in [-0.05, 0) is 27.1 Å². The van der Waals surface area contributed by atoms with Crippen molar-refractivity contribution >= 4 is 30.9 Å². The number of aromatic amines is 1. The number of benzene rings is 2. The van der Waals surface area contributed by atoms with Crippen molar-refractivity contribution in [1.82, 2.24) is 29.8 Å². The van der Waals surface area contributed by atoms with Gasteiger partial charge in [-0.25, -0.2) is 22.0 Å². The van der Waals surface area contributed by atoms with E-state index in [1.54, 1.807) is 30.5 Å². The number of aromatic nitrogens is 6. The van der Waals surface area contributed by atoms with Gasteiger partial charge < -0.3 is 0 Å². The molecular weight excluding hydrogens is 406 g/mol. The van der Waals surface area contributed by atoms with E-state index in [1.165, 1.54) is 18.2 Å². The number of rotatable bonds is 5. The zero-order valence-corrected chi connectivity index (χ0v) is 15.7. The first-order chi connectivity index (χ1) is 13.3.